The number of halogens is 3. The first-order valence-electron chi connectivity index (χ1n) is 9.67. The molecule has 3 aromatic rings. The molecule has 0 aromatic heterocycles. The molecule has 0 aliphatic rings. The lowest BCUT2D eigenvalue weighted by molar-refractivity contribution is -0.274. The van der Waals surface area contributed by atoms with Gasteiger partial charge in [0.2, 0.25) is 5.60 Å². The summed E-state index contributed by atoms with van der Waals surface area (Å²) < 4.78 is 52.0. The van der Waals surface area contributed by atoms with Crippen molar-refractivity contribution in [1.82, 2.24) is 0 Å². The monoisotopic (exact) mass is 446 g/mol. The van der Waals surface area contributed by atoms with Gasteiger partial charge in [-0.2, -0.15) is 0 Å². The minimum atomic E-state index is -4.81. The first kappa shape index (κ1) is 23.0. The zero-order chi connectivity index (χ0) is 23.2. The first-order chi connectivity index (χ1) is 15.1. The molecule has 0 aliphatic carbocycles. The summed E-state index contributed by atoms with van der Waals surface area (Å²) in [6.45, 7) is 1.81. The van der Waals surface area contributed by atoms with E-state index in [1.165, 1.54) is 19.1 Å². The Morgan fingerprint density at radius 3 is 1.84 bits per heavy atom. The van der Waals surface area contributed by atoms with E-state index in [0.717, 1.165) is 17.7 Å². The number of hydrogen-bond acceptors (Lipinski definition) is 4. The van der Waals surface area contributed by atoms with E-state index in [1.54, 1.807) is 24.3 Å². The van der Waals surface area contributed by atoms with E-state index in [9.17, 15) is 23.1 Å². The van der Waals surface area contributed by atoms with E-state index in [0.29, 0.717) is 17.9 Å². The van der Waals surface area contributed by atoms with Crippen LogP contribution in [-0.4, -0.2) is 23.0 Å². The first-order valence-corrected chi connectivity index (χ1v) is 9.67. The van der Waals surface area contributed by atoms with Gasteiger partial charge in [0.15, 0.2) is 0 Å². The van der Waals surface area contributed by atoms with Crippen LogP contribution in [0, 0.1) is 0 Å². The van der Waals surface area contributed by atoms with Crippen LogP contribution in [0.4, 0.5) is 13.2 Å². The van der Waals surface area contributed by atoms with Crippen LogP contribution >= 0.6 is 0 Å². The highest BCUT2D eigenvalue weighted by atomic mass is 19.4. The molecule has 0 heterocycles. The Hall–Kier alpha value is -3.68. The van der Waals surface area contributed by atoms with Crippen LogP contribution in [0.2, 0.25) is 0 Å². The van der Waals surface area contributed by atoms with E-state index in [-0.39, 0.29) is 12.2 Å². The van der Waals surface area contributed by atoms with E-state index in [1.807, 2.05) is 30.3 Å². The Balaban J connectivity index is 1.64. The number of hydrogen-bond donors (Lipinski definition) is 1. The van der Waals surface area contributed by atoms with Crippen molar-refractivity contribution in [1.29, 1.82) is 0 Å². The van der Waals surface area contributed by atoms with Gasteiger partial charge in [-0.25, -0.2) is 4.79 Å². The fraction of sp³-hybridized carbons (Fsp3) is 0.208. The summed E-state index contributed by atoms with van der Waals surface area (Å²) in [5.74, 6) is -0.895. The van der Waals surface area contributed by atoms with Crippen LogP contribution < -0.4 is 14.2 Å². The molecule has 1 unspecified atom stereocenters. The maximum atomic E-state index is 12.3. The largest absolute Gasteiger partial charge is 0.573 e. The van der Waals surface area contributed by atoms with Crippen LogP contribution in [0.5, 0.6) is 17.2 Å². The van der Waals surface area contributed by atoms with Gasteiger partial charge in [0.25, 0.3) is 0 Å². The minimum absolute atomic E-state index is 0.0299. The molecule has 3 aromatic carbocycles. The third kappa shape index (κ3) is 6.66. The number of carboxylic acids is 1. The smallest absolute Gasteiger partial charge is 0.489 e. The van der Waals surface area contributed by atoms with Crippen molar-refractivity contribution in [2.45, 2.75) is 31.9 Å². The van der Waals surface area contributed by atoms with E-state index in [4.69, 9.17) is 9.47 Å². The number of carbonyl (C=O) groups is 1. The fourth-order valence-corrected chi connectivity index (χ4v) is 2.96. The predicted octanol–water partition coefficient (Wildman–Crippen LogP) is 5.63. The number of carboxylic acid groups (broad SMARTS) is 1. The standard InChI is InChI=1S/C24H21F3O5/c1-23(22(28)29,31-20-11-13-21(14-12-20)32-24(25,26)27)15-17-7-9-19(10-8-17)30-16-18-5-3-2-4-6-18/h2-14H,15-16H2,1H3,(H,28,29). The van der Waals surface area contributed by atoms with Crippen LogP contribution in [0.1, 0.15) is 18.1 Å². The van der Waals surface area contributed by atoms with E-state index >= 15 is 0 Å². The highest BCUT2D eigenvalue weighted by Crippen LogP contribution is 2.28. The zero-order valence-corrected chi connectivity index (χ0v) is 17.1. The van der Waals surface area contributed by atoms with E-state index in [2.05, 4.69) is 4.74 Å². The average Bonchev–Trinajstić information content (AvgIpc) is 2.74. The average molecular weight is 446 g/mol. The van der Waals surface area contributed by atoms with Crippen molar-refractivity contribution in [2.75, 3.05) is 0 Å². The lowest BCUT2D eigenvalue weighted by Crippen LogP contribution is -2.43. The van der Waals surface area contributed by atoms with Crippen molar-refractivity contribution in [3.63, 3.8) is 0 Å². The summed E-state index contributed by atoms with van der Waals surface area (Å²) in [6.07, 6.45) is -4.78. The van der Waals surface area contributed by atoms with Gasteiger partial charge in [-0.05, 0) is 54.4 Å². The second kappa shape index (κ2) is 9.64. The molecule has 3 rings (SSSR count). The normalized spacial score (nSPS) is 13.1. The van der Waals surface area contributed by atoms with Crippen molar-refractivity contribution >= 4 is 5.97 Å². The van der Waals surface area contributed by atoms with Crippen molar-refractivity contribution < 1.29 is 37.3 Å². The SMILES string of the molecule is CC(Cc1ccc(OCc2ccccc2)cc1)(Oc1ccc(OC(F)(F)F)cc1)C(=O)O. The maximum Gasteiger partial charge on any atom is 0.573 e. The van der Waals surface area contributed by atoms with Crippen LogP contribution in [0.3, 0.4) is 0 Å². The Bertz CT molecular complexity index is 1020. The Kier molecular flexibility index (Phi) is 6.92. The lowest BCUT2D eigenvalue weighted by atomic mass is 9.96. The zero-order valence-electron chi connectivity index (χ0n) is 17.1. The molecule has 0 aliphatic heterocycles. The number of ether oxygens (including phenoxy) is 3. The van der Waals surface area contributed by atoms with Crippen LogP contribution in [0.15, 0.2) is 78.9 Å². The molecule has 0 spiro atoms. The lowest BCUT2D eigenvalue weighted by Gasteiger charge is -2.26. The molecule has 0 radical (unpaired) electrons. The summed E-state index contributed by atoms with van der Waals surface area (Å²) >= 11 is 0. The van der Waals surface area contributed by atoms with Crippen molar-refractivity contribution in [2.24, 2.45) is 0 Å². The maximum absolute atomic E-state index is 12.3. The van der Waals surface area contributed by atoms with Gasteiger partial charge in [-0.15, -0.1) is 13.2 Å². The van der Waals surface area contributed by atoms with Crippen LogP contribution in [0.25, 0.3) is 0 Å². The Labute approximate surface area is 183 Å². The Morgan fingerprint density at radius 1 is 0.781 bits per heavy atom. The molecule has 5 nitrogen and oxygen atoms in total. The van der Waals surface area contributed by atoms with Gasteiger partial charge in [0, 0.05) is 6.42 Å². The third-order valence-electron chi connectivity index (χ3n) is 4.57. The molecule has 0 amide bonds. The third-order valence-corrected chi connectivity index (χ3v) is 4.57. The highest BCUT2D eigenvalue weighted by Gasteiger charge is 2.36. The highest BCUT2D eigenvalue weighted by molar-refractivity contribution is 5.78. The molecular formula is C24H21F3O5. The minimum Gasteiger partial charge on any atom is -0.489 e. The summed E-state index contributed by atoms with van der Waals surface area (Å²) in [7, 11) is 0. The fourth-order valence-electron chi connectivity index (χ4n) is 2.96. The molecule has 0 bridgehead atoms. The van der Waals surface area contributed by atoms with Gasteiger partial charge >= 0.3 is 12.3 Å². The molecule has 1 N–H and O–H groups in total. The molecular weight excluding hydrogens is 425 g/mol. The Morgan fingerprint density at radius 2 is 1.31 bits per heavy atom. The topological polar surface area (TPSA) is 65.0 Å². The van der Waals surface area contributed by atoms with Gasteiger partial charge < -0.3 is 19.3 Å². The van der Waals surface area contributed by atoms with Gasteiger partial charge in [0.05, 0.1) is 0 Å². The number of benzene rings is 3. The van der Waals surface area contributed by atoms with Gasteiger partial charge in [0.1, 0.15) is 23.9 Å². The molecule has 0 fully saturated rings. The molecule has 8 heteroatoms. The van der Waals surface area contributed by atoms with E-state index < -0.39 is 23.7 Å². The number of alkyl halides is 3. The van der Waals surface area contributed by atoms with Crippen LogP contribution in [-0.2, 0) is 17.8 Å². The van der Waals surface area contributed by atoms with Crippen molar-refractivity contribution in [3.8, 4) is 17.2 Å². The number of aliphatic carboxylic acids is 1. The quantitative estimate of drug-likeness (QED) is 0.462. The number of rotatable bonds is 9. The molecule has 1 atom stereocenters. The summed E-state index contributed by atoms with van der Waals surface area (Å²) in [4.78, 5) is 11.9. The summed E-state index contributed by atoms with van der Waals surface area (Å²) in [5.41, 5.74) is 0.0767. The molecule has 168 valence electrons. The second-order valence-corrected chi connectivity index (χ2v) is 7.25. The molecule has 0 saturated heterocycles. The second-order valence-electron chi connectivity index (χ2n) is 7.25. The molecule has 32 heavy (non-hydrogen) atoms. The van der Waals surface area contributed by atoms with Gasteiger partial charge in [-0.1, -0.05) is 42.5 Å². The molecule has 0 saturated carbocycles. The summed E-state index contributed by atoms with van der Waals surface area (Å²) in [6, 6.07) is 21.2. The summed E-state index contributed by atoms with van der Waals surface area (Å²) in [5, 5.41) is 9.70. The van der Waals surface area contributed by atoms with Crippen molar-refractivity contribution in [3.05, 3.63) is 90.0 Å². The van der Waals surface area contributed by atoms with Gasteiger partial charge in [-0.3, -0.25) is 0 Å². The predicted molar refractivity (Wildman–Crippen MR) is 111 cm³/mol.